The van der Waals surface area contributed by atoms with Crippen molar-refractivity contribution in [2.45, 2.75) is 65.9 Å². The van der Waals surface area contributed by atoms with Gasteiger partial charge in [-0.1, -0.05) is 55.4 Å². The summed E-state index contributed by atoms with van der Waals surface area (Å²) in [6, 6.07) is 0. The van der Waals surface area contributed by atoms with E-state index < -0.39 is 9.84 Å². The largest absolute Gasteiger partial charge is 0.228 e. The molecule has 0 aromatic heterocycles. The van der Waals surface area contributed by atoms with E-state index in [1.165, 1.54) is 0 Å². The predicted octanol–water partition coefficient (Wildman–Crippen LogP) is 3.76. The van der Waals surface area contributed by atoms with Gasteiger partial charge < -0.3 is 0 Å². The normalized spacial score (nSPS) is 14.0. The summed E-state index contributed by atoms with van der Waals surface area (Å²) in [6.45, 7) is 16.1. The first-order valence-electron chi connectivity index (χ1n) is 6.76. The molecule has 0 saturated carbocycles. The molecular formula is C14H30O2S. The molecule has 0 aliphatic rings. The highest BCUT2D eigenvalue weighted by Gasteiger charge is 2.40. The molecule has 0 fully saturated rings. The van der Waals surface area contributed by atoms with Crippen LogP contribution in [-0.4, -0.2) is 18.9 Å². The quantitative estimate of drug-likeness (QED) is 0.730. The highest BCUT2D eigenvalue weighted by molar-refractivity contribution is 7.92. The van der Waals surface area contributed by atoms with E-state index in [0.717, 1.165) is 0 Å². The molecule has 3 heteroatoms. The summed E-state index contributed by atoms with van der Waals surface area (Å²) in [5, 5.41) is -0.449. The number of hydrogen-bond donors (Lipinski definition) is 0. The molecule has 0 bridgehead atoms. The fourth-order valence-corrected chi connectivity index (χ4v) is 6.64. The molecule has 0 aliphatic carbocycles. The summed E-state index contributed by atoms with van der Waals surface area (Å²) in [4.78, 5) is 0. The van der Waals surface area contributed by atoms with Crippen molar-refractivity contribution in [3.05, 3.63) is 0 Å². The van der Waals surface area contributed by atoms with E-state index >= 15 is 0 Å². The fourth-order valence-electron chi connectivity index (χ4n) is 3.24. The van der Waals surface area contributed by atoms with Crippen LogP contribution in [0.4, 0.5) is 0 Å². The Hall–Kier alpha value is -0.0500. The van der Waals surface area contributed by atoms with E-state index in [4.69, 9.17) is 0 Å². The lowest BCUT2D eigenvalue weighted by molar-refractivity contribution is 0.406. The van der Waals surface area contributed by atoms with Gasteiger partial charge in [-0.15, -0.1) is 0 Å². The molecule has 0 heterocycles. The minimum atomic E-state index is -3.06. The Morgan fingerprint density at radius 2 is 0.706 bits per heavy atom. The number of sulfone groups is 1. The lowest BCUT2D eigenvalue weighted by atomic mass is 9.99. The average molecular weight is 262 g/mol. The Labute approximate surface area is 108 Å². The van der Waals surface area contributed by atoms with Gasteiger partial charge in [0.1, 0.15) is 0 Å². The summed E-state index contributed by atoms with van der Waals surface area (Å²) >= 11 is 0. The zero-order valence-electron chi connectivity index (χ0n) is 12.7. The van der Waals surface area contributed by atoms with Crippen molar-refractivity contribution >= 4 is 9.84 Å². The Balaban J connectivity index is 5.48. The molecule has 2 nitrogen and oxygen atoms in total. The van der Waals surface area contributed by atoms with Gasteiger partial charge in [0.25, 0.3) is 0 Å². The van der Waals surface area contributed by atoms with Crippen molar-refractivity contribution in [3.8, 4) is 0 Å². The van der Waals surface area contributed by atoms with Gasteiger partial charge in [0, 0.05) is 0 Å². The maximum absolute atomic E-state index is 12.8. The molecule has 0 saturated heterocycles. The van der Waals surface area contributed by atoms with Crippen LogP contribution in [0.5, 0.6) is 0 Å². The summed E-state index contributed by atoms with van der Waals surface area (Å²) in [5.74, 6) is 0.722. The zero-order chi connectivity index (χ0) is 14.0. The van der Waals surface area contributed by atoms with Crippen LogP contribution in [0.3, 0.4) is 0 Å². The van der Waals surface area contributed by atoms with Gasteiger partial charge in [0.2, 0.25) is 0 Å². The van der Waals surface area contributed by atoms with Crippen molar-refractivity contribution < 1.29 is 8.42 Å². The third kappa shape index (κ3) is 3.97. The maximum Gasteiger partial charge on any atom is 0.157 e. The molecule has 104 valence electrons. The highest BCUT2D eigenvalue weighted by Crippen LogP contribution is 2.31. The summed E-state index contributed by atoms with van der Waals surface area (Å²) in [5.41, 5.74) is 0. The first kappa shape index (κ1) is 16.9. The smallest absolute Gasteiger partial charge is 0.157 e. The van der Waals surface area contributed by atoms with E-state index in [2.05, 4.69) is 0 Å². The van der Waals surface area contributed by atoms with E-state index in [9.17, 15) is 8.42 Å². The van der Waals surface area contributed by atoms with E-state index in [-0.39, 0.29) is 34.2 Å². The van der Waals surface area contributed by atoms with Gasteiger partial charge in [-0.3, -0.25) is 0 Å². The van der Waals surface area contributed by atoms with Crippen molar-refractivity contribution in [2.24, 2.45) is 23.7 Å². The van der Waals surface area contributed by atoms with Crippen molar-refractivity contribution in [1.82, 2.24) is 0 Å². The van der Waals surface area contributed by atoms with Gasteiger partial charge in [-0.2, -0.15) is 0 Å². The molecule has 0 aromatic rings. The van der Waals surface area contributed by atoms with E-state index in [0.29, 0.717) is 0 Å². The summed E-state index contributed by atoms with van der Waals surface area (Å²) in [6.07, 6.45) is 0. The van der Waals surface area contributed by atoms with Gasteiger partial charge in [0.15, 0.2) is 9.84 Å². The van der Waals surface area contributed by atoms with Crippen molar-refractivity contribution in [1.29, 1.82) is 0 Å². The summed E-state index contributed by atoms with van der Waals surface area (Å²) < 4.78 is 25.6. The molecule has 0 aliphatic heterocycles. The van der Waals surface area contributed by atoms with Crippen LogP contribution in [0.2, 0.25) is 0 Å². The Morgan fingerprint density at radius 1 is 0.529 bits per heavy atom. The molecule has 17 heavy (non-hydrogen) atoms. The summed E-state index contributed by atoms with van der Waals surface area (Å²) in [7, 11) is -3.06. The van der Waals surface area contributed by atoms with Gasteiger partial charge in [-0.25, -0.2) is 8.42 Å². The third-order valence-corrected chi connectivity index (χ3v) is 7.08. The lowest BCUT2D eigenvalue weighted by Gasteiger charge is -2.33. The maximum atomic E-state index is 12.8. The molecule has 0 spiro atoms. The van der Waals surface area contributed by atoms with Gasteiger partial charge in [-0.05, 0) is 23.7 Å². The zero-order valence-corrected chi connectivity index (χ0v) is 13.5. The Kier molecular flexibility index (Phi) is 6.20. The molecule has 0 N–H and O–H groups in total. The second-order valence-electron chi connectivity index (χ2n) is 6.49. The van der Waals surface area contributed by atoms with Crippen LogP contribution in [0, 0.1) is 23.7 Å². The van der Waals surface area contributed by atoms with Crippen molar-refractivity contribution in [2.75, 3.05) is 0 Å². The highest BCUT2D eigenvalue weighted by atomic mass is 32.2. The standard InChI is InChI=1S/C14H30O2S/c1-9(2)13(10(3)4)17(15,16)14(11(5)6)12(7)8/h9-14H,1-8H3. The van der Waals surface area contributed by atoms with Crippen molar-refractivity contribution in [3.63, 3.8) is 0 Å². The first-order chi connectivity index (χ1) is 7.53. The van der Waals surface area contributed by atoms with Gasteiger partial charge >= 0.3 is 0 Å². The van der Waals surface area contributed by atoms with Crippen LogP contribution in [-0.2, 0) is 9.84 Å². The molecule has 0 unspecified atom stereocenters. The molecule has 0 rings (SSSR count). The number of rotatable bonds is 6. The topological polar surface area (TPSA) is 34.1 Å². The predicted molar refractivity (Wildman–Crippen MR) is 75.8 cm³/mol. The third-order valence-electron chi connectivity index (χ3n) is 3.39. The first-order valence-corrected chi connectivity index (χ1v) is 8.37. The second kappa shape index (κ2) is 6.21. The van der Waals surface area contributed by atoms with E-state index in [1.807, 2.05) is 55.4 Å². The fraction of sp³-hybridized carbons (Fsp3) is 1.00. The van der Waals surface area contributed by atoms with Crippen LogP contribution >= 0.6 is 0 Å². The average Bonchev–Trinajstić information content (AvgIpc) is 1.96. The van der Waals surface area contributed by atoms with Gasteiger partial charge in [0.05, 0.1) is 10.5 Å². The van der Waals surface area contributed by atoms with Crippen LogP contribution in [0.15, 0.2) is 0 Å². The minimum absolute atomic E-state index is 0.181. The molecule has 0 aromatic carbocycles. The SMILES string of the molecule is CC(C)C(C(C)C)S(=O)(=O)C(C(C)C)C(C)C. The molecule has 0 amide bonds. The second-order valence-corrected chi connectivity index (χ2v) is 8.76. The molecule has 0 atom stereocenters. The number of hydrogen-bond acceptors (Lipinski definition) is 2. The van der Waals surface area contributed by atoms with Crippen LogP contribution in [0.1, 0.15) is 55.4 Å². The lowest BCUT2D eigenvalue weighted by Crippen LogP contribution is -2.43. The Morgan fingerprint density at radius 3 is 0.824 bits per heavy atom. The van der Waals surface area contributed by atoms with E-state index in [1.54, 1.807) is 0 Å². The monoisotopic (exact) mass is 262 g/mol. The van der Waals surface area contributed by atoms with Crippen LogP contribution < -0.4 is 0 Å². The Bertz CT molecular complexity index is 271. The van der Waals surface area contributed by atoms with Crippen LogP contribution in [0.25, 0.3) is 0 Å². The minimum Gasteiger partial charge on any atom is -0.228 e. The molecular weight excluding hydrogens is 232 g/mol. The molecule has 0 radical (unpaired) electrons.